The van der Waals surface area contributed by atoms with Crippen molar-refractivity contribution in [2.45, 2.75) is 46.1 Å². The van der Waals surface area contributed by atoms with E-state index in [1.165, 1.54) is 0 Å². The van der Waals surface area contributed by atoms with Crippen molar-refractivity contribution in [3.05, 3.63) is 0 Å². The van der Waals surface area contributed by atoms with E-state index < -0.39 is 0 Å². The Bertz CT molecular complexity index is 191. The third kappa shape index (κ3) is 2.53. The Morgan fingerprint density at radius 1 is 1.38 bits per heavy atom. The van der Waals surface area contributed by atoms with E-state index >= 15 is 0 Å². The molecule has 0 spiro atoms. The fourth-order valence-corrected chi connectivity index (χ4v) is 2.00. The fraction of sp³-hybridized carbons (Fsp3) is 0.909. The van der Waals surface area contributed by atoms with E-state index in [0.717, 1.165) is 12.8 Å². The van der Waals surface area contributed by atoms with Gasteiger partial charge in [-0.15, -0.1) is 0 Å². The molecule has 0 aromatic carbocycles. The highest BCUT2D eigenvalue weighted by molar-refractivity contribution is 5.83. The standard InChI is InChI=1S/C11H20O2/c1-11(2,3)8-5-6-9(12)10(7-8)13-4/h8,10H,5-7H2,1-4H3/t8-,10-/m1/s1. The van der Waals surface area contributed by atoms with Crippen molar-refractivity contribution in [1.29, 1.82) is 0 Å². The number of carbonyl (C=O) groups is 1. The van der Waals surface area contributed by atoms with Crippen molar-refractivity contribution < 1.29 is 9.53 Å². The molecule has 0 radical (unpaired) electrons. The first-order valence-corrected chi connectivity index (χ1v) is 5.00. The average molecular weight is 184 g/mol. The van der Waals surface area contributed by atoms with Gasteiger partial charge in [-0.3, -0.25) is 4.79 Å². The smallest absolute Gasteiger partial charge is 0.161 e. The summed E-state index contributed by atoms with van der Waals surface area (Å²) in [6.07, 6.45) is 2.49. The highest BCUT2D eigenvalue weighted by Gasteiger charge is 2.34. The molecule has 0 aromatic heterocycles. The number of rotatable bonds is 1. The predicted octanol–water partition coefficient (Wildman–Crippen LogP) is 2.42. The molecule has 0 saturated heterocycles. The van der Waals surface area contributed by atoms with Crippen LogP contribution in [-0.4, -0.2) is 19.0 Å². The zero-order valence-corrected chi connectivity index (χ0v) is 9.09. The maximum absolute atomic E-state index is 11.4. The van der Waals surface area contributed by atoms with Crippen molar-refractivity contribution >= 4 is 5.78 Å². The summed E-state index contributed by atoms with van der Waals surface area (Å²) in [4.78, 5) is 11.4. The van der Waals surface area contributed by atoms with Crippen LogP contribution in [0, 0.1) is 11.3 Å². The Labute approximate surface area is 80.7 Å². The molecule has 0 unspecified atom stereocenters. The lowest BCUT2D eigenvalue weighted by atomic mass is 9.71. The molecule has 0 bridgehead atoms. The minimum atomic E-state index is -0.141. The van der Waals surface area contributed by atoms with E-state index in [9.17, 15) is 4.79 Å². The van der Waals surface area contributed by atoms with Crippen LogP contribution in [0.4, 0.5) is 0 Å². The van der Waals surface area contributed by atoms with Gasteiger partial charge in [-0.2, -0.15) is 0 Å². The van der Waals surface area contributed by atoms with Crippen molar-refractivity contribution in [2.75, 3.05) is 7.11 Å². The van der Waals surface area contributed by atoms with E-state index in [0.29, 0.717) is 17.8 Å². The van der Waals surface area contributed by atoms with Crippen LogP contribution in [0.5, 0.6) is 0 Å². The summed E-state index contributed by atoms with van der Waals surface area (Å²) in [5.41, 5.74) is 0.303. The maximum Gasteiger partial charge on any atom is 0.161 e. The predicted molar refractivity (Wildman–Crippen MR) is 52.6 cm³/mol. The number of methoxy groups -OCH3 is 1. The lowest BCUT2D eigenvalue weighted by Crippen LogP contribution is -2.36. The summed E-state index contributed by atoms with van der Waals surface area (Å²) in [6.45, 7) is 6.71. The first-order chi connectivity index (χ1) is 5.95. The van der Waals surface area contributed by atoms with Gasteiger partial charge in [-0.25, -0.2) is 0 Å². The Hall–Kier alpha value is -0.370. The molecule has 1 rings (SSSR count). The van der Waals surface area contributed by atoms with Gasteiger partial charge in [-0.05, 0) is 24.2 Å². The zero-order chi connectivity index (χ0) is 10.1. The summed E-state index contributed by atoms with van der Waals surface area (Å²) >= 11 is 0. The summed E-state index contributed by atoms with van der Waals surface area (Å²) in [5, 5.41) is 0. The summed E-state index contributed by atoms with van der Waals surface area (Å²) < 4.78 is 5.18. The van der Waals surface area contributed by atoms with Gasteiger partial charge in [0, 0.05) is 13.5 Å². The zero-order valence-electron chi connectivity index (χ0n) is 9.09. The van der Waals surface area contributed by atoms with Crippen molar-refractivity contribution in [3.8, 4) is 0 Å². The molecule has 76 valence electrons. The quantitative estimate of drug-likeness (QED) is 0.625. The number of hydrogen-bond acceptors (Lipinski definition) is 2. The molecular formula is C11H20O2. The monoisotopic (exact) mass is 184 g/mol. The lowest BCUT2D eigenvalue weighted by Gasteiger charge is -2.36. The molecule has 1 saturated carbocycles. The Balaban J connectivity index is 2.60. The molecule has 1 aliphatic rings. The van der Waals surface area contributed by atoms with E-state index in [-0.39, 0.29) is 11.9 Å². The fourth-order valence-electron chi connectivity index (χ4n) is 2.00. The first kappa shape index (κ1) is 10.7. The largest absolute Gasteiger partial charge is 0.374 e. The third-order valence-electron chi connectivity index (χ3n) is 3.11. The van der Waals surface area contributed by atoms with Gasteiger partial charge in [0.2, 0.25) is 0 Å². The van der Waals surface area contributed by atoms with Crippen molar-refractivity contribution in [3.63, 3.8) is 0 Å². The van der Waals surface area contributed by atoms with Gasteiger partial charge in [0.1, 0.15) is 6.10 Å². The van der Waals surface area contributed by atoms with Crippen molar-refractivity contribution in [1.82, 2.24) is 0 Å². The van der Waals surface area contributed by atoms with Crippen LogP contribution < -0.4 is 0 Å². The first-order valence-electron chi connectivity index (χ1n) is 5.00. The molecular weight excluding hydrogens is 164 g/mol. The van der Waals surface area contributed by atoms with Gasteiger partial charge >= 0.3 is 0 Å². The van der Waals surface area contributed by atoms with Crippen LogP contribution in [0.3, 0.4) is 0 Å². The third-order valence-corrected chi connectivity index (χ3v) is 3.11. The molecule has 0 aliphatic heterocycles. The van der Waals surface area contributed by atoms with Crippen LogP contribution in [0.25, 0.3) is 0 Å². The van der Waals surface area contributed by atoms with Crippen LogP contribution in [0.1, 0.15) is 40.0 Å². The Morgan fingerprint density at radius 3 is 2.46 bits per heavy atom. The number of ether oxygens (including phenoxy) is 1. The van der Waals surface area contributed by atoms with Crippen LogP contribution in [0.15, 0.2) is 0 Å². The minimum Gasteiger partial charge on any atom is -0.374 e. The van der Waals surface area contributed by atoms with E-state index in [4.69, 9.17) is 4.74 Å². The van der Waals surface area contributed by atoms with Gasteiger partial charge in [-0.1, -0.05) is 20.8 Å². The second-order valence-electron chi connectivity index (χ2n) is 5.03. The summed E-state index contributed by atoms with van der Waals surface area (Å²) in [5.74, 6) is 0.901. The molecule has 0 heterocycles. The number of hydrogen-bond donors (Lipinski definition) is 0. The van der Waals surface area contributed by atoms with E-state index in [1.807, 2.05) is 0 Å². The van der Waals surface area contributed by atoms with Crippen molar-refractivity contribution in [2.24, 2.45) is 11.3 Å². The minimum absolute atomic E-state index is 0.141. The van der Waals surface area contributed by atoms with Gasteiger partial charge in [0.05, 0.1) is 0 Å². The molecule has 0 N–H and O–H groups in total. The normalized spacial score (nSPS) is 30.6. The highest BCUT2D eigenvalue weighted by atomic mass is 16.5. The van der Waals surface area contributed by atoms with Crippen LogP contribution >= 0.6 is 0 Å². The molecule has 0 aromatic rings. The lowest BCUT2D eigenvalue weighted by molar-refractivity contribution is -0.134. The molecule has 2 atom stereocenters. The Morgan fingerprint density at radius 2 is 2.00 bits per heavy atom. The highest BCUT2D eigenvalue weighted by Crippen LogP contribution is 2.37. The molecule has 1 fully saturated rings. The van der Waals surface area contributed by atoms with E-state index in [1.54, 1.807) is 7.11 Å². The molecule has 2 nitrogen and oxygen atoms in total. The number of ketones is 1. The Kier molecular flexibility index (Phi) is 3.12. The average Bonchev–Trinajstić information content (AvgIpc) is 2.03. The second-order valence-corrected chi connectivity index (χ2v) is 5.03. The van der Waals surface area contributed by atoms with E-state index in [2.05, 4.69) is 20.8 Å². The topological polar surface area (TPSA) is 26.3 Å². The summed E-state index contributed by atoms with van der Waals surface area (Å²) in [7, 11) is 1.63. The molecule has 1 aliphatic carbocycles. The molecule has 13 heavy (non-hydrogen) atoms. The molecule has 2 heteroatoms. The SMILES string of the molecule is CO[C@@H]1C[C@H](C(C)(C)C)CCC1=O. The summed E-state index contributed by atoms with van der Waals surface area (Å²) in [6, 6.07) is 0. The van der Waals surface area contributed by atoms with Crippen LogP contribution in [-0.2, 0) is 9.53 Å². The van der Waals surface area contributed by atoms with Gasteiger partial charge in [0.25, 0.3) is 0 Å². The van der Waals surface area contributed by atoms with Crippen LogP contribution in [0.2, 0.25) is 0 Å². The number of carbonyl (C=O) groups excluding carboxylic acids is 1. The van der Waals surface area contributed by atoms with Gasteiger partial charge in [0.15, 0.2) is 5.78 Å². The second kappa shape index (κ2) is 3.79. The maximum atomic E-state index is 11.4. The van der Waals surface area contributed by atoms with Gasteiger partial charge < -0.3 is 4.74 Å². The molecule has 0 amide bonds. The number of Topliss-reactive ketones (excluding diaryl/α,β-unsaturated/α-hetero) is 1.